The highest BCUT2D eigenvalue weighted by molar-refractivity contribution is 6.23. The molecule has 0 unspecified atom stereocenters. The summed E-state index contributed by atoms with van der Waals surface area (Å²) in [5.41, 5.74) is 1.03. The summed E-state index contributed by atoms with van der Waals surface area (Å²) in [5.74, 6) is -0.364. The van der Waals surface area contributed by atoms with Gasteiger partial charge in [-0.2, -0.15) is 0 Å². The van der Waals surface area contributed by atoms with Crippen molar-refractivity contribution in [2.75, 3.05) is 14.1 Å². The van der Waals surface area contributed by atoms with Gasteiger partial charge in [-0.05, 0) is 12.1 Å². The monoisotopic (exact) mass is 202 g/mol. The van der Waals surface area contributed by atoms with E-state index in [1.807, 2.05) is 0 Å². The molecule has 1 aromatic heterocycles. The maximum atomic E-state index is 11.9. The van der Waals surface area contributed by atoms with Crippen LogP contribution < -0.4 is 0 Å². The van der Waals surface area contributed by atoms with E-state index in [-0.39, 0.29) is 17.3 Å². The largest absolute Gasteiger partial charge is 0.374 e. The van der Waals surface area contributed by atoms with Gasteiger partial charge in [0.1, 0.15) is 5.69 Å². The molecule has 1 heterocycles. The van der Waals surface area contributed by atoms with Gasteiger partial charge in [-0.3, -0.25) is 14.6 Å². The molecular formula is C11H10N2O2. The summed E-state index contributed by atoms with van der Waals surface area (Å²) in [6.45, 7) is 0. The zero-order chi connectivity index (χ0) is 11.0. The Bertz CT molecular complexity index is 475. The van der Waals surface area contributed by atoms with Crippen molar-refractivity contribution in [3.63, 3.8) is 0 Å². The number of carbonyl (C=O) groups is 2. The maximum absolute atomic E-state index is 11.9. The first-order valence-corrected chi connectivity index (χ1v) is 4.54. The summed E-state index contributed by atoms with van der Waals surface area (Å²) >= 11 is 0. The van der Waals surface area contributed by atoms with Crippen molar-refractivity contribution in [1.82, 2.24) is 9.88 Å². The lowest BCUT2D eigenvalue weighted by atomic mass is 9.97. The van der Waals surface area contributed by atoms with Crippen LogP contribution in [0.2, 0.25) is 0 Å². The number of aromatic nitrogens is 1. The Balaban J connectivity index is 2.59. The van der Waals surface area contributed by atoms with E-state index in [9.17, 15) is 9.59 Å². The van der Waals surface area contributed by atoms with Crippen LogP contribution >= 0.6 is 0 Å². The predicted molar refractivity (Wildman–Crippen MR) is 54.7 cm³/mol. The SMILES string of the molecule is CN(C)C1=CC(=O)c2ncccc2C1=O. The van der Waals surface area contributed by atoms with Crippen LogP contribution in [0.15, 0.2) is 30.1 Å². The molecule has 4 nitrogen and oxygen atoms in total. The summed E-state index contributed by atoms with van der Waals surface area (Å²) in [5, 5.41) is 0. The predicted octanol–water partition coefficient (Wildman–Crippen LogP) is 0.906. The lowest BCUT2D eigenvalue weighted by Gasteiger charge is -2.19. The molecule has 1 aliphatic rings. The average Bonchev–Trinajstić information content (AvgIpc) is 2.23. The number of rotatable bonds is 1. The minimum absolute atomic E-state index is 0.150. The van der Waals surface area contributed by atoms with Gasteiger partial charge < -0.3 is 4.90 Å². The third kappa shape index (κ3) is 1.44. The first-order chi connectivity index (χ1) is 7.11. The molecule has 1 aromatic rings. The number of pyridine rings is 1. The zero-order valence-electron chi connectivity index (χ0n) is 8.52. The number of fused-ring (bicyclic) bond motifs is 1. The van der Waals surface area contributed by atoms with E-state index in [4.69, 9.17) is 0 Å². The Morgan fingerprint density at radius 1 is 1.27 bits per heavy atom. The van der Waals surface area contributed by atoms with Crippen molar-refractivity contribution in [1.29, 1.82) is 0 Å². The summed E-state index contributed by atoms with van der Waals surface area (Å²) in [6.07, 6.45) is 2.84. The van der Waals surface area contributed by atoms with Gasteiger partial charge in [-0.25, -0.2) is 0 Å². The van der Waals surface area contributed by atoms with Gasteiger partial charge in [-0.1, -0.05) is 0 Å². The molecule has 0 amide bonds. The number of ketones is 2. The van der Waals surface area contributed by atoms with E-state index >= 15 is 0 Å². The fraction of sp³-hybridized carbons (Fsp3) is 0.182. The highest BCUT2D eigenvalue weighted by atomic mass is 16.1. The summed E-state index contributed by atoms with van der Waals surface area (Å²) in [4.78, 5) is 29.1. The van der Waals surface area contributed by atoms with E-state index in [1.165, 1.54) is 12.3 Å². The molecule has 0 radical (unpaired) electrons. The summed E-state index contributed by atoms with van der Waals surface area (Å²) < 4.78 is 0. The van der Waals surface area contributed by atoms with Crippen LogP contribution in [0, 0.1) is 0 Å². The van der Waals surface area contributed by atoms with Crippen molar-refractivity contribution in [2.45, 2.75) is 0 Å². The molecule has 0 saturated carbocycles. The van der Waals surface area contributed by atoms with Crippen LogP contribution in [-0.2, 0) is 0 Å². The van der Waals surface area contributed by atoms with Crippen LogP contribution in [0.3, 0.4) is 0 Å². The van der Waals surface area contributed by atoms with Gasteiger partial charge in [0, 0.05) is 26.4 Å². The molecule has 0 saturated heterocycles. The van der Waals surface area contributed by atoms with Crippen LogP contribution in [0.4, 0.5) is 0 Å². The van der Waals surface area contributed by atoms with Gasteiger partial charge in [0.15, 0.2) is 0 Å². The first kappa shape index (κ1) is 9.58. The standard InChI is InChI=1S/C11H10N2O2/c1-13(2)8-6-9(14)10-7(11(8)15)4-3-5-12-10/h3-6H,1-2H3. The Hall–Kier alpha value is -1.97. The number of Topliss-reactive ketones (excluding diaryl/α,β-unsaturated/α-hetero) is 1. The quantitative estimate of drug-likeness (QED) is 0.679. The third-order valence-corrected chi connectivity index (χ3v) is 2.27. The number of likely N-dealkylation sites (N-methyl/N-ethyl adjacent to an activating group) is 1. The molecule has 0 aromatic carbocycles. The molecule has 15 heavy (non-hydrogen) atoms. The fourth-order valence-electron chi connectivity index (χ4n) is 1.51. The Morgan fingerprint density at radius 2 is 2.00 bits per heavy atom. The van der Waals surface area contributed by atoms with Gasteiger partial charge in [-0.15, -0.1) is 0 Å². The third-order valence-electron chi connectivity index (χ3n) is 2.27. The lowest BCUT2D eigenvalue weighted by molar-refractivity contribution is 0.0959. The summed E-state index contributed by atoms with van der Waals surface area (Å²) in [7, 11) is 3.47. The zero-order valence-corrected chi connectivity index (χ0v) is 8.52. The molecule has 0 atom stereocenters. The molecule has 0 spiro atoms. The van der Waals surface area contributed by atoms with Gasteiger partial charge in [0.05, 0.1) is 11.3 Å². The van der Waals surface area contributed by atoms with Crippen LogP contribution in [0.1, 0.15) is 20.8 Å². The van der Waals surface area contributed by atoms with Crippen LogP contribution in [-0.4, -0.2) is 35.5 Å². The van der Waals surface area contributed by atoms with E-state index in [2.05, 4.69) is 4.98 Å². The fourth-order valence-corrected chi connectivity index (χ4v) is 1.51. The van der Waals surface area contributed by atoms with Gasteiger partial charge in [0.2, 0.25) is 11.6 Å². The average molecular weight is 202 g/mol. The molecule has 0 aliphatic heterocycles. The second kappa shape index (κ2) is 3.31. The molecular weight excluding hydrogens is 192 g/mol. The van der Waals surface area contributed by atoms with E-state index in [0.29, 0.717) is 11.3 Å². The molecule has 0 bridgehead atoms. The minimum atomic E-state index is -0.214. The van der Waals surface area contributed by atoms with Gasteiger partial charge in [0.25, 0.3) is 0 Å². The normalized spacial score (nSPS) is 14.7. The second-order valence-corrected chi connectivity index (χ2v) is 3.52. The van der Waals surface area contributed by atoms with Crippen LogP contribution in [0.25, 0.3) is 0 Å². The Labute approximate surface area is 87.2 Å². The molecule has 0 fully saturated rings. The highest BCUT2D eigenvalue weighted by Crippen LogP contribution is 2.19. The molecule has 0 N–H and O–H groups in total. The van der Waals surface area contributed by atoms with Crippen LogP contribution in [0.5, 0.6) is 0 Å². The molecule has 2 rings (SSSR count). The second-order valence-electron chi connectivity index (χ2n) is 3.52. The molecule has 4 heteroatoms. The topological polar surface area (TPSA) is 50.3 Å². The van der Waals surface area contributed by atoms with E-state index < -0.39 is 0 Å². The maximum Gasteiger partial charge on any atom is 0.211 e. The van der Waals surface area contributed by atoms with Crippen molar-refractivity contribution in [3.8, 4) is 0 Å². The number of hydrogen-bond acceptors (Lipinski definition) is 4. The van der Waals surface area contributed by atoms with E-state index in [1.54, 1.807) is 31.1 Å². The molecule has 1 aliphatic carbocycles. The number of allylic oxidation sites excluding steroid dienone is 2. The smallest absolute Gasteiger partial charge is 0.211 e. The first-order valence-electron chi connectivity index (χ1n) is 4.54. The Morgan fingerprint density at radius 3 is 2.67 bits per heavy atom. The van der Waals surface area contributed by atoms with Crippen molar-refractivity contribution in [2.24, 2.45) is 0 Å². The number of carbonyl (C=O) groups excluding carboxylic acids is 2. The van der Waals surface area contributed by atoms with Crippen molar-refractivity contribution >= 4 is 11.6 Å². The Kier molecular flexibility index (Phi) is 2.11. The van der Waals surface area contributed by atoms with E-state index in [0.717, 1.165) is 0 Å². The van der Waals surface area contributed by atoms with Crippen molar-refractivity contribution < 1.29 is 9.59 Å². The molecule has 76 valence electrons. The number of hydrogen-bond donors (Lipinski definition) is 0. The highest BCUT2D eigenvalue weighted by Gasteiger charge is 2.27. The van der Waals surface area contributed by atoms with Gasteiger partial charge >= 0.3 is 0 Å². The number of nitrogens with zero attached hydrogens (tertiary/aromatic N) is 2. The van der Waals surface area contributed by atoms with Crippen molar-refractivity contribution in [3.05, 3.63) is 41.4 Å². The summed E-state index contributed by atoms with van der Waals surface area (Å²) in [6, 6.07) is 3.28. The lowest BCUT2D eigenvalue weighted by Crippen LogP contribution is -2.26. The minimum Gasteiger partial charge on any atom is -0.374 e.